The van der Waals surface area contributed by atoms with Crippen molar-refractivity contribution in [2.24, 2.45) is 10.3 Å². The van der Waals surface area contributed by atoms with E-state index in [1.54, 1.807) is 37.3 Å². The molecule has 1 aromatic rings. The van der Waals surface area contributed by atoms with Gasteiger partial charge in [0.2, 0.25) is 5.54 Å². The summed E-state index contributed by atoms with van der Waals surface area (Å²) < 4.78 is 0. The topological polar surface area (TPSA) is 98.0 Å². The Hall–Kier alpha value is -2.94. The normalized spacial score (nSPS) is 20.4. The molecule has 3 amide bonds. The highest BCUT2D eigenvalue weighted by molar-refractivity contribution is 6.37. The predicted molar refractivity (Wildman–Crippen MR) is 92.6 cm³/mol. The Balaban J connectivity index is 2.61. The molecule has 0 radical (unpaired) electrons. The van der Waals surface area contributed by atoms with Crippen LogP contribution in [0.25, 0.3) is 0 Å². The van der Waals surface area contributed by atoms with E-state index in [4.69, 9.17) is 4.84 Å². The van der Waals surface area contributed by atoms with Gasteiger partial charge in [-0.05, 0) is 26.0 Å². The van der Waals surface area contributed by atoms with Crippen molar-refractivity contribution in [3.05, 3.63) is 30.3 Å². The second-order valence-electron chi connectivity index (χ2n) is 5.70. The highest BCUT2D eigenvalue weighted by Crippen LogP contribution is 2.32. The van der Waals surface area contributed by atoms with Crippen LogP contribution in [0, 0.1) is 0 Å². The van der Waals surface area contributed by atoms with E-state index in [0.29, 0.717) is 10.8 Å². The van der Waals surface area contributed by atoms with Crippen molar-refractivity contribution < 1.29 is 19.6 Å². The lowest BCUT2D eigenvalue weighted by Gasteiger charge is -2.35. The van der Waals surface area contributed by atoms with Crippen LogP contribution in [0.4, 0.5) is 10.5 Å². The number of carbonyl (C=O) groups excluding carboxylic acids is 2. The minimum atomic E-state index is -1.88. The molecule has 1 aliphatic heterocycles. The fraction of sp³-hybridized carbons (Fsp3) is 0.375. The number of hydrogen-bond donors (Lipinski definition) is 1. The lowest BCUT2D eigenvalue weighted by molar-refractivity contribution is -0.138. The molecular weight excluding hydrogens is 326 g/mol. The van der Waals surface area contributed by atoms with Crippen molar-refractivity contribution in [1.29, 1.82) is 0 Å². The van der Waals surface area contributed by atoms with E-state index in [1.807, 2.05) is 0 Å². The third-order valence-electron chi connectivity index (χ3n) is 3.91. The average Bonchev–Trinajstić information content (AvgIpc) is 2.86. The second kappa shape index (κ2) is 6.89. The lowest BCUT2D eigenvalue weighted by atomic mass is 9.88. The quantitative estimate of drug-likeness (QED) is 0.507. The first-order valence-corrected chi connectivity index (χ1v) is 7.52. The van der Waals surface area contributed by atoms with Crippen molar-refractivity contribution >= 4 is 29.0 Å². The fourth-order valence-electron chi connectivity index (χ4n) is 2.67. The van der Waals surface area contributed by atoms with Crippen LogP contribution in [-0.4, -0.2) is 65.3 Å². The molecule has 1 aliphatic rings. The van der Waals surface area contributed by atoms with Gasteiger partial charge < -0.3 is 9.74 Å². The molecule has 1 aromatic carbocycles. The van der Waals surface area contributed by atoms with E-state index in [1.165, 1.54) is 28.1 Å². The van der Waals surface area contributed by atoms with E-state index in [2.05, 4.69) is 10.3 Å². The fourth-order valence-corrected chi connectivity index (χ4v) is 2.67. The summed E-state index contributed by atoms with van der Waals surface area (Å²) in [7, 11) is 4.24. The Morgan fingerprint density at radius 2 is 1.92 bits per heavy atom. The second-order valence-corrected chi connectivity index (χ2v) is 5.70. The molecule has 1 atom stereocenters. The number of rotatable bonds is 4. The molecule has 0 spiro atoms. The van der Waals surface area contributed by atoms with Crippen molar-refractivity contribution in [2.45, 2.75) is 19.4 Å². The van der Waals surface area contributed by atoms with E-state index in [9.17, 15) is 14.8 Å². The van der Waals surface area contributed by atoms with Gasteiger partial charge in [-0.2, -0.15) is 15.2 Å². The van der Waals surface area contributed by atoms with Crippen LogP contribution >= 0.6 is 0 Å². The number of para-hydroxylation sites is 1. The molecule has 0 aromatic heterocycles. The molecule has 0 saturated carbocycles. The summed E-state index contributed by atoms with van der Waals surface area (Å²) in [4.78, 5) is 31.5. The zero-order valence-corrected chi connectivity index (χ0v) is 14.8. The summed E-state index contributed by atoms with van der Waals surface area (Å²) in [6.07, 6.45) is 0. The maximum absolute atomic E-state index is 13.2. The maximum Gasteiger partial charge on any atom is 0.345 e. The van der Waals surface area contributed by atoms with Crippen LogP contribution < -0.4 is 5.01 Å². The number of hydrogen-bond acceptors (Lipinski definition) is 6. The molecule has 0 fully saturated rings. The Labute approximate surface area is 145 Å². The van der Waals surface area contributed by atoms with Crippen LogP contribution in [0.3, 0.4) is 0 Å². The number of nitrogens with zero attached hydrogens (tertiary/aromatic N) is 5. The first kappa shape index (κ1) is 18.4. The number of hydroxylamine groups is 2. The van der Waals surface area contributed by atoms with Crippen molar-refractivity contribution in [3.63, 3.8) is 0 Å². The number of urea groups is 1. The highest BCUT2D eigenvalue weighted by atomic mass is 16.6. The smallest absolute Gasteiger partial charge is 0.345 e. The van der Waals surface area contributed by atoms with Crippen LogP contribution in [0.2, 0.25) is 0 Å². The van der Waals surface area contributed by atoms with Crippen molar-refractivity contribution in [1.82, 2.24) is 9.96 Å². The monoisotopic (exact) mass is 347 g/mol. The van der Waals surface area contributed by atoms with Crippen LogP contribution in [0.15, 0.2) is 40.6 Å². The Morgan fingerprint density at radius 3 is 2.44 bits per heavy atom. The molecule has 0 aliphatic carbocycles. The SMILES string of the molecule is CO/N=C(\C)C1(N(O)C(=O)N(C)C)C(=O)N(c2ccccc2)N=C1C. The van der Waals surface area contributed by atoms with Gasteiger partial charge in [-0.25, -0.2) is 4.79 Å². The van der Waals surface area contributed by atoms with Gasteiger partial charge in [0.15, 0.2) is 0 Å². The summed E-state index contributed by atoms with van der Waals surface area (Å²) in [6.45, 7) is 3.03. The van der Waals surface area contributed by atoms with Gasteiger partial charge >= 0.3 is 6.03 Å². The van der Waals surface area contributed by atoms with Crippen molar-refractivity contribution in [3.8, 4) is 0 Å². The molecule has 1 N–H and O–H groups in total. The van der Waals surface area contributed by atoms with Gasteiger partial charge in [0, 0.05) is 14.1 Å². The van der Waals surface area contributed by atoms with Crippen LogP contribution in [-0.2, 0) is 9.63 Å². The van der Waals surface area contributed by atoms with Gasteiger partial charge in [0.1, 0.15) is 7.11 Å². The highest BCUT2D eigenvalue weighted by Gasteiger charge is 2.59. The van der Waals surface area contributed by atoms with Crippen LogP contribution in [0.1, 0.15) is 13.8 Å². The third-order valence-corrected chi connectivity index (χ3v) is 3.91. The summed E-state index contributed by atoms with van der Waals surface area (Å²) >= 11 is 0. The average molecular weight is 347 g/mol. The zero-order chi connectivity index (χ0) is 18.8. The Bertz CT molecular complexity index is 731. The molecule has 0 saturated heterocycles. The van der Waals surface area contributed by atoms with Gasteiger partial charge in [-0.1, -0.05) is 23.4 Å². The van der Waals surface area contributed by atoms with Crippen molar-refractivity contribution in [2.75, 3.05) is 26.2 Å². The molecule has 1 unspecified atom stereocenters. The van der Waals surface area contributed by atoms with E-state index >= 15 is 0 Å². The molecule has 9 nitrogen and oxygen atoms in total. The molecule has 1 heterocycles. The third kappa shape index (κ3) is 2.82. The molecule has 25 heavy (non-hydrogen) atoms. The standard InChI is InChI=1S/C16H21N5O4/c1-11-16(12(2)18-25-5,21(24)15(23)19(3)4)14(22)20(17-11)13-9-7-6-8-10-13/h6-10,24H,1-5H3/b18-12+. The van der Waals surface area contributed by atoms with Gasteiger partial charge in [-0.3, -0.25) is 10.0 Å². The summed E-state index contributed by atoms with van der Waals surface area (Å²) in [5, 5.41) is 20.1. The van der Waals surface area contributed by atoms with Gasteiger partial charge in [0.05, 0.1) is 17.1 Å². The van der Waals surface area contributed by atoms with E-state index in [0.717, 1.165) is 9.91 Å². The number of amides is 3. The molecule has 134 valence electrons. The number of benzene rings is 1. The summed E-state index contributed by atoms with van der Waals surface area (Å²) in [6, 6.07) is 7.92. The van der Waals surface area contributed by atoms with Gasteiger partial charge in [0.25, 0.3) is 5.91 Å². The number of carbonyl (C=O) groups is 2. The van der Waals surface area contributed by atoms with E-state index in [-0.39, 0.29) is 11.4 Å². The number of hydrazone groups is 1. The molecular formula is C16H21N5O4. The summed E-state index contributed by atoms with van der Waals surface area (Å²) in [5.41, 5.74) is -1.10. The Morgan fingerprint density at radius 1 is 1.32 bits per heavy atom. The first-order chi connectivity index (χ1) is 11.8. The molecule has 0 bridgehead atoms. The molecule has 9 heteroatoms. The number of anilines is 1. The number of oxime groups is 1. The largest absolute Gasteiger partial charge is 0.399 e. The van der Waals surface area contributed by atoms with Crippen LogP contribution in [0.5, 0.6) is 0 Å². The summed E-state index contributed by atoms with van der Waals surface area (Å²) in [5.74, 6) is -0.632. The van der Waals surface area contributed by atoms with E-state index < -0.39 is 17.5 Å². The lowest BCUT2D eigenvalue weighted by Crippen LogP contribution is -2.65. The minimum absolute atomic E-state index is 0.0809. The minimum Gasteiger partial charge on any atom is -0.399 e. The van der Waals surface area contributed by atoms with Gasteiger partial charge in [-0.15, -0.1) is 0 Å². The maximum atomic E-state index is 13.2. The molecule has 2 rings (SSSR count). The zero-order valence-electron chi connectivity index (χ0n) is 14.8. The first-order valence-electron chi connectivity index (χ1n) is 7.52. The Kier molecular flexibility index (Phi) is 5.07. The predicted octanol–water partition coefficient (Wildman–Crippen LogP) is 1.54.